The van der Waals surface area contributed by atoms with Crippen molar-refractivity contribution in [3.05, 3.63) is 87.3 Å². The van der Waals surface area contributed by atoms with E-state index in [2.05, 4.69) is 10.6 Å². The highest BCUT2D eigenvalue weighted by atomic mass is 32.1. The van der Waals surface area contributed by atoms with Gasteiger partial charge in [0.1, 0.15) is 5.00 Å². The fourth-order valence-electron chi connectivity index (χ4n) is 3.63. The Kier molecular flexibility index (Phi) is 5.92. The minimum Gasteiger partial charge on any atom is -0.348 e. The average Bonchev–Trinajstić information content (AvgIpc) is 3.16. The van der Waals surface area contributed by atoms with Gasteiger partial charge in [-0.1, -0.05) is 30.3 Å². The Hall–Kier alpha value is -3.43. The van der Waals surface area contributed by atoms with Crippen LogP contribution < -0.4 is 10.6 Å². The van der Waals surface area contributed by atoms with Crippen molar-refractivity contribution in [3.8, 4) is 6.07 Å². The van der Waals surface area contributed by atoms with E-state index in [1.54, 1.807) is 24.3 Å². The monoisotopic (exact) mass is 415 g/mol. The molecule has 0 atom stereocenters. The summed E-state index contributed by atoms with van der Waals surface area (Å²) in [5.74, 6) is -0.441. The Labute approximate surface area is 179 Å². The fraction of sp³-hybridized carbons (Fsp3) is 0.208. The maximum Gasteiger partial charge on any atom is 0.256 e. The lowest BCUT2D eigenvalue weighted by atomic mass is 9.95. The van der Waals surface area contributed by atoms with E-state index in [-0.39, 0.29) is 11.8 Å². The van der Waals surface area contributed by atoms with E-state index < -0.39 is 0 Å². The van der Waals surface area contributed by atoms with Crippen molar-refractivity contribution in [1.29, 1.82) is 5.26 Å². The van der Waals surface area contributed by atoms with E-state index in [4.69, 9.17) is 5.26 Å². The van der Waals surface area contributed by atoms with Gasteiger partial charge in [-0.15, -0.1) is 11.3 Å². The van der Waals surface area contributed by atoms with Gasteiger partial charge in [0.15, 0.2) is 0 Å². The van der Waals surface area contributed by atoms with Crippen LogP contribution in [0.25, 0.3) is 0 Å². The molecule has 1 aliphatic carbocycles. The summed E-state index contributed by atoms with van der Waals surface area (Å²) in [5, 5.41) is 15.5. The van der Waals surface area contributed by atoms with Gasteiger partial charge in [0.25, 0.3) is 11.8 Å². The number of thiophene rings is 1. The van der Waals surface area contributed by atoms with E-state index >= 15 is 0 Å². The summed E-state index contributed by atoms with van der Waals surface area (Å²) < 4.78 is 0. The second kappa shape index (κ2) is 8.93. The summed E-state index contributed by atoms with van der Waals surface area (Å²) in [6.07, 6.45) is 3.94. The third-order valence-electron chi connectivity index (χ3n) is 5.20. The first-order valence-electron chi connectivity index (χ1n) is 9.94. The number of aryl methyl sites for hydroxylation is 1. The molecule has 2 amide bonds. The zero-order valence-electron chi connectivity index (χ0n) is 16.4. The highest BCUT2D eigenvalue weighted by Crippen LogP contribution is 2.38. The number of nitriles is 1. The third-order valence-corrected chi connectivity index (χ3v) is 6.40. The number of rotatable bonds is 5. The standard InChI is InChI=1S/C24H21N3O2S/c25-14-16-10-12-18(13-11-16)22(28)27-24-21(19-8-4-5-9-20(19)30-24)23(29)26-15-17-6-2-1-3-7-17/h1-3,6-7,10-13H,4-5,8-9,15H2,(H,26,29)(H,27,28). The molecule has 0 bridgehead atoms. The fourth-order valence-corrected chi connectivity index (χ4v) is 4.91. The third kappa shape index (κ3) is 4.27. The number of fused-ring (bicyclic) bond motifs is 1. The summed E-state index contributed by atoms with van der Waals surface area (Å²) in [5.41, 5.74) is 3.63. The topological polar surface area (TPSA) is 82.0 Å². The van der Waals surface area contributed by atoms with Crippen molar-refractivity contribution < 1.29 is 9.59 Å². The van der Waals surface area contributed by atoms with Crippen LogP contribution >= 0.6 is 11.3 Å². The van der Waals surface area contributed by atoms with Crippen molar-refractivity contribution in [2.75, 3.05) is 5.32 Å². The van der Waals surface area contributed by atoms with Gasteiger partial charge in [0.2, 0.25) is 0 Å². The molecule has 0 saturated carbocycles. The molecule has 3 aromatic rings. The lowest BCUT2D eigenvalue weighted by Gasteiger charge is -2.13. The molecule has 1 aliphatic rings. The van der Waals surface area contributed by atoms with Crippen LogP contribution in [-0.2, 0) is 19.4 Å². The number of nitrogens with one attached hydrogen (secondary N) is 2. The number of hydrogen-bond donors (Lipinski definition) is 2. The van der Waals surface area contributed by atoms with Gasteiger partial charge >= 0.3 is 0 Å². The van der Waals surface area contributed by atoms with Gasteiger partial charge in [-0.3, -0.25) is 9.59 Å². The van der Waals surface area contributed by atoms with Crippen LogP contribution in [0, 0.1) is 11.3 Å². The highest BCUT2D eigenvalue weighted by Gasteiger charge is 2.26. The molecule has 1 heterocycles. The predicted molar refractivity (Wildman–Crippen MR) is 118 cm³/mol. The number of hydrogen-bond acceptors (Lipinski definition) is 4. The molecule has 0 aliphatic heterocycles. The molecule has 4 rings (SSSR count). The molecule has 2 N–H and O–H groups in total. The lowest BCUT2D eigenvalue weighted by Crippen LogP contribution is -2.25. The Bertz CT molecular complexity index is 1110. The maximum absolute atomic E-state index is 13.1. The zero-order chi connectivity index (χ0) is 20.9. The van der Waals surface area contributed by atoms with E-state index in [1.807, 2.05) is 36.4 Å². The molecule has 0 radical (unpaired) electrons. The van der Waals surface area contributed by atoms with Crippen LogP contribution in [0.15, 0.2) is 54.6 Å². The van der Waals surface area contributed by atoms with E-state index in [0.29, 0.717) is 28.2 Å². The van der Waals surface area contributed by atoms with E-state index in [9.17, 15) is 9.59 Å². The minimum absolute atomic E-state index is 0.159. The molecule has 1 aromatic heterocycles. The Morgan fingerprint density at radius 3 is 2.43 bits per heavy atom. The molecule has 0 fully saturated rings. The van der Waals surface area contributed by atoms with Crippen LogP contribution in [0.5, 0.6) is 0 Å². The van der Waals surface area contributed by atoms with Crippen LogP contribution in [0.2, 0.25) is 0 Å². The molecule has 6 heteroatoms. The molecule has 5 nitrogen and oxygen atoms in total. The molecule has 0 saturated heterocycles. The van der Waals surface area contributed by atoms with Gasteiger partial charge in [-0.25, -0.2) is 0 Å². The Morgan fingerprint density at radius 2 is 1.70 bits per heavy atom. The van der Waals surface area contributed by atoms with Crippen LogP contribution in [-0.4, -0.2) is 11.8 Å². The molecule has 0 spiro atoms. The van der Waals surface area contributed by atoms with Crippen molar-refractivity contribution in [2.24, 2.45) is 0 Å². The highest BCUT2D eigenvalue weighted by molar-refractivity contribution is 7.17. The lowest BCUT2D eigenvalue weighted by molar-refractivity contribution is 0.0951. The minimum atomic E-state index is -0.282. The molecule has 2 aromatic carbocycles. The van der Waals surface area contributed by atoms with Crippen LogP contribution in [0.1, 0.15) is 55.1 Å². The van der Waals surface area contributed by atoms with Gasteiger partial charge in [0.05, 0.1) is 17.2 Å². The predicted octanol–water partition coefficient (Wildman–Crippen LogP) is 4.68. The number of carbonyl (C=O) groups is 2. The first-order valence-corrected chi connectivity index (χ1v) is 10.8. The quantitative estimate of drug-likeness (QED) is 0.635. The van der Waals surface area contributed by atoms with Crippen molar-refractivity contribution in [1.82, 2.24) is 5.32 Å². The Balaban J connectivity index is 1.57. The molecule has 30 heavy (non-hydrogen) atoms. The normalized spacial score (nSPS) is 12.5. The maximum atomic E-state index is 13.1. The van der Waals surface area contributed by atoms with Gasteiger partial charge in [-0.05, 0) is 61.1 Å². The van der Waals surface area contributed by atoms with Crippen molar-refractivity contribution in [2.45, 2.75) is 32.2 Å². The van der Waals surface area contributed by atoms with Crippen molar-refractivity contribution >= 4 is 28.2 Å². The number of carbonyl (C=O) groups excluding carboxylic acids is 2. The van der Waals surface area contributed by atoms with Crippen molar-refractivity contribution in [3.63, 3.8) is 0 Å². The number of amides is 2. The van der Waals surface area contributed by atoms with E-state index in [0.717, 1.165) is 36.8 Å². The second-order valence-electron chi connectivity index (χ2n) is 7.23. The summed E-state index contributed by atoms with van der Waals surface area (Å²) in [6, 6.07) is 18.3. The summed E-state index contributed by atoms with van der Waals surface area (Å²) in [7, 11) is 0. The van der Waals surface area contributed by atoms with E-state index in [1.165, 1.54) is 16.2 Å². The van der Waals surface area contributed by atoms with Crippen LogP contribution in [0.4, 0.5) is 5.00 Å². The largest absolute Gasteiger partial charge is 0.348 e. The molecular weight excluding hydrogens is 394 g/mol. The average molecular weight is 416 g/mol. The first-order chi connectivity index (χ1) is 14.7. The van der Waals surface area contributed by atoms with Crippen LogP contribution in [0.3, 0.4) is 0 Å². The molecule has 0 unspecified atom stereocenters. The van der Waals surface area contributed by atoms with Gasteiger partial charge in [0, 0.05) is 17.0 Å². The SMILES string of the molecule is N#Cc1ccc(C(=O)Nc2sc3c(c2C(=O)NCc2ccccc2)CCCC3)cc1. The smallest absolute Gasteiger partial charge is 0.256 e. The Morgan fingerprint density at radius 1 is 0.967 bits per heavy atom. The molecular formula is C24H21N3O2S. The number of nitrogens with zero attached hydrogens (tertiary/aromatic N) is 1. The van der Waals surface area contributed by atoms with Gasteiger partial charge < -0.3 is 10.6 Å². The first kappa shape index (κ1) is 19.9. The summed E-state index contributed by atoms with van der Waals surface area (Å²) >= 11 is 1.50. The van der Waals surface area contributed by atoms with Gasteiger partial charge in [-0.2, -0.15) is 5.26 Å². The summed E-state index contributed by atoms with van der Waals surface area (Å²) in [6.45, 7) is 0.438. The number of anilines is 1. The zero-order valence-corrected chi connectivity index (χ0v) is 17.2. The molecule has 150 valence electrons. The summed E-state index contributed by atoms with van der Waals surface area (Å²) in [4.78, 5) is 27.0. The number of benzene rings is 2. The second-order valence-corrected chi connectivity index (χ2v) is 8.33.